The van der Waals surface area contributed by atoms with Crippen molar-refractivity contribution >= 4 is 9.84 Å². The van der Waals surface area contributed by atoms with Crippen molar-refractivity contribution in [3.8, 4) is 34.3 Å². The Morgan fingerprint density at radius 1 is 1.09 bits per heavy atom. The predicted molar refractivity (Wildman–Crippen MR) is 131 cm³/mol. The van der Waals surface area contributed by atoms with Crippen molar-refractivity contribution in [2.24, 2.45) is 0 Å². The second-order valence-corrected chi connectivity index (χ2v) is 10.6. The van der Waals surface area contributed by atoms with E-state index in [0.29, 0.717) is 35.6 Å². The van der Waals surface area contributed by atoms with Crippen molar-refractivity contribution in [3.05, 3.63) is 65.7 Å². The van der Waals surface area contributed by atoms with Crippen LogP contribution in [0.2, 0.25) is 0 Å². The number of halogens is 1. The van der Waals surface area contributed by atoms with Crippen molar-refractivity contribution in [1.29, 1.82) is 0 Å². The lowest BCUT2D eigenvalue weighted by Gasteiger charge is -2.11. The fraction of sp³-hybridized carbons (Fsp3) is 0.280. The molecule has 0 saturated carbocycles. The third kappa shape index (κ3) is 4.98. The van der Waals surface area contributed by atoms with Crippen molar-refractivity contribution < 1.29 is 17.2 Å². The molecule has 4 aromatic rings. The van der Waals surface area contributed by atoms with Gasteiger partial charge in [0.15, 0.2) is 9.84 Å². The zero-order valence-corrected chi connectivity index (χ0v) is 20.7. The molecule has 0 spiro atoms. The topological polar surface area (TPSA) is 111 Å². The molecule has 1 atom stereocenters. The molecule has 4 rings (SSSR count). The minimum Gasteiger partial charge on any atom is -0.414 e. The normalized spacial score (nSPS) is 12.6. The van der Waals surface area contributed by atoms with E-state index in [1.54, 1.807) is 63.5 Å². The highest BCUT2D eigenvalue weighted by Crippen LogP contribution is 2.29. The highest BCUT2D eigenvalue weighted by molar-refractivity contribution is 7.92. The van der Waals surface area contributed by atoms with Gasteiger partial charge < -0.3 is 9.73 Å². The monoisotopic (exact) mass is 495 g/mol. The number of nitrogens with one attached hydrogen (secondary N) is 1. The van der Waals surface area contributed by atoms with Gasteiger partial charge in [0.05, 0.1) is 33.3 Å². The molecule has 2 heterocycles. The van der Waals surface area contributed by atoms with E-state index in [1.807, 2.05) is 6.92 Å². The second kappa shape index (κ2) is 10.0. The van der Waals surface area contributed by atoms with E-state index in [9.17, 15) is 12.8 Å². The summed E-state index contributed by atoms with van der Waals surface area (Å²) in [6.45, 7) is 5.84. The number of benzene rings is 2. The van der Waals surface area contributed by atoms with Gasteiger partial charge in [0.2, 0.25) is 0 Å². The van der Waals surface area contributed by atoms with Gasteiger partial charge in [0, 0.05) is 12.1 Å². The van der Waals surface area contributed by atoms with Crippen LogP contribution in [0.3, 0.4) is 0 Å². The Kier molecular flexibility index (Phi) is 7.04. The Morgan fingerprint density at radius 3 is 2.46 bits per heavy atom. The fourth-order valence-corrected chi connectivity index (χ4v) is 4.95. The zero-order chi connectivity index (χ0) is 25.2. The van der Waals surface area contributed by atoms with Crippen molar-refractivity contribution in [3.63, 3.8) is 0 Å². The molecule has 0 radical (unpaired) electrons. The van der Waals surface area contributed by atoms with Gasteiger partial charge in [-0.2, -0.15) is 0 Å². The first-order chi connectivity index (χ1) is 16.7. The van der Waals surface area contributed by atoms with Crippen LogP contribution in [0.25, 0.3) is 34.3 Å². The van der Waals surface area contributed by atoms with Crippen LogP contribution in [-0.4, -0.2) is 40.9 Å². The van der Waals surface area contributed by atoms with Crippen LogP contribution in [0, 0.1) is 12.7 Å². The molecule has 1 unspecified atom stereocenters. The molecule has 0 saturated heterocycles. The van der Waals surface area contributed by atoms with Crippen molar-refractivity contribution in [1.82, 2.24) is 25.5 Å². The molecule has 2 aromatic carbocycles. The molecular weight excluding hydrogens is 469 g/mol. The minimum absolute atomic E-state index is 0.0414. The summed E-state index contributed by atoms with van der Waals surface area (Å²) in [7, 11) is -1.59. The van der Waals surface area contributed by atoms with Gasteiger partial charge in [-0.3, -0.25) is 4.98 Å². The van der Waals surface area contributed by atoms with Gasteiger partial charge >= 0.3 is 0 Å². The highest BCUT2D eigenvalue weighted by Gasteiger charge is 2.22. The summed E-state index contributed by atoms with van der Waals surface area (Å²) in [5, 5.41) is 10.6. The maximum atomic E-state index is 14.6. The molecule has 35 heavy (non-hydrogen) atoms. The number of nitrogens with zero attached hydrogens (tertiary/aromatic N) is 4. The van der Waals surface area contributed by atoms with Crippen LogP contribution in [0.1, 0.15) is 31.5 Å². The second-order valence-electron chi connectivity index (χ2n) is 8.23. The number of hydrogen-bond donors (Lipinski definition) is 1. The summed E-state index contributed by atoms with van der Waals surface area (Å²) in [4.78, 5) is 9.26. The van der Waals surface area contributed by atoms with E-state index < -0.39 is 20.9 Å². The lowest BCUT2D eigenvalue weighted by molar-refractivity contribution is 0.567. The molecule has 1 N–H and O–H groups in total. The van der Waals surface area contributed by atoms with Crippen LogP contribution in [0.15, 0.2) is 58.0 Å². The number of aromatic nitrogens is 4. The zero-order valence-electron chi connectivity index (χ0n) is 19.9. The van der Waals surface area contributed by atoms with Gasteiger partial charge in [0.1, 0.15) is 11.5 Å². The number of sulfone groups is 1. The van der Waals surface area contributed by atoms with Gasteiger partial charge in [-0.05, 0) is 57.1 Å². The van der Waals surface area contributed by atoms with E-state index in [2.05, 4.69) is 25.5 Å². The molecule has 0 aliphatic rings. The van der Waals surface area contributed by atoms with Gasteiger partial charge in [0.25, 0.3) is 11.8 Å². The van der Waals surface area contributed by atoms with Crippen LogP contribution >= 0.6 is 0 Å². The van der Waals surface area contributed by atoms with E-state index in [1.165, 1.54) is 6.07 Å². The summed E-state index contributed by atoms with van der Waals surface area (Å²) in [5.41, 5.74) is 3.12. The van der Waals surface area contributed by atoms with Gasteiger partial charge in [-0.15, -0.1) is 10.2 Å². The van der Waals surface area contributed by atoms with Gasteiger partial charge in [-0.1, -0.05) is 25.1 Å². The third-order valence-electron chi connectivity index (χ3n) is 5.81. The summed E-state index contributed by atoms with van der Waals surface area (Å²) < 4.78 is 45.6. The minimum atomic E-state index is -3.38. The lowest BCUT2D eigenvalue weighted by atomic mass is 10.1. The average molecular weight is 496 g/mol. The third-order valence-corrected chi connectivity index (χ3v) is 8.13. The van der Waals surface area contributed by atoms with E-state index in [0.717, 1.165) is 5.56 Å². The fourth-order valence-electron chi connectivity index (χ4n) is 3.53. The smallest absolute Gasteiger partial charge is 0.268 e. The van der Waals surface area contributed by atoms with E-state index in [-0.39, 0.29) is 22.2 Å². The standard InChI is InChI=1S/C25H26FN5O3S/c1-5-15(2)35(32,33)19-9-7-18(8-10-19)22-14-28-16(3)23(29-22)25-31-30-24(34-25)20-11-6-17(13-27-4)12-21(20)26/h6-12,14-15,27H,5,13H2,1-4H3. The predicted octanol–water partition coefficient (Wildman–Crippen LogP) is 4.60. The van der Waals surface area contributed by atoms with Crippen molar-refractivity contribution in [2.75, 3.05) is 7.05 Å². The molecule has 8 nitrogen and oxygen atoms in total. The first-order valence-electron chi connectivity index (χ1n) is 11.2. The number of hydrogen-bond acceptors (Lipinski definition) is 8. The van der Waals surface area contributed by atoms with Crippen LogP contribution in [-0.2, 0) is 16.4 Å². The summed E-state index contributed by atoms with van der Waals surface area (Å²) in [5.74, 6) is -0.307. The maximum absolute atomic E-state index is 14.6. The lowest BCUT2D eigenvalue weighted by Crippen LogP contribution is -2.16. The Labute approximate surface area is 203 Å². The van der Waals surface area contributed by atoms with Gasteiger partial charge in [-0.25, -0.2) is 17.8 Å². The molecule has 0 fully saturated rings. The maximum Gasteiger partial charge on any atom is 0.268 e. The quantitative estimate of drug-likeness (QED) is 0.378. The molecule has 0 aliphatic heterocycles. The SMILES string of the molecule is CCC(C)S(=O)(=O)c1ccc(-c2cnc(C)c(-c3nnc(-c4ccc(CNC)cc4F)o3)n2)cc1. The first-order valence-corrected chi connectivity index (χ1v) is 12.7. The molecular formula is C25H26FN5O3S. The van der Waals surface area contributed by atoms with Crippen LogP contribution in [0.5, 0.6) is 0 Å². The molecule has 0 amide bonds. The average Bonchev–Trinajstić information content (AvgIpc) is 3.34. The molecule has 0 aliphatic carbocycles. The number of aryl methyl sites for hydroxylation is 1. The summed E-state index contributed by atoms with van der Waals surface area (Å²) >= 11 is 0. The van der Waals surface area contributed by atoms with E-state index in [4.69, 9.17) is 4.42 Å². The number of rotatable bonds is 8. The Hall–Kier alpha value is -3.50. The first kappa shape index (κ1) is 24.6. The van der Waals surface area contributed by atoms with Crippen LogP contribution in [0.4, 0.5) is 4.39 Å². The Balaban J connectivity index is 1.65. The Bertz CT molecular complexity index is 1450. The molecule has 2 aromatic heterocycles. The summed E-state index contributed by atoms with van der Waals surface area (Å²) in [6.07, 6.45) is 2.13. The van der Waals surface area contributed by atoms with Crippen LogP contribution < -0.4 is 5.32 Å². The molecule has 10 heteroatoms. The highest BCUT2D eigenvalue weighted by atomic mass is 32.2. The summed E-state index contributed by atoms with van der Waals surface area (Å²) in [6, 6.07) is 11.3. The molecule has 182 valence electrons. The van der Waals surface area contributed by atoms with E-state index >= 15 is 0 Å². The Morgan fingerprint density at radius 2 is 1.80 bits per heavy atom. The molecule has 0 bridgehead atoms. The van der Waals surface area contributed by atoms with Crippen molar-refractivity contribution in [2.45, 2.75) is 43.9 Å². The largest absolute Gasteiger partial charge is 0.414 e.